The fourth-order valence-electron chi connectivity index (χ4n) is 6.50. The molecule has 44 heavy (non-hydrogen) atoms. The Balaban J connectivity index is 1.25. The van der Waals surface area contributed by atoms with Crippen molar-refractivity contribution in [2.75, 3.05) is 5.32 Å². The number of aryl methyl sites for hydroxylation is 1. The predicted octanol–water partition coefficient (Wildman–Crippen LogP) is 5.91. The second-order valence-electron chi connectivity index (χ2n) is 11.2. The Morgan fingerprint density at radius 2 is 1.61 bits per heavy atom. The molecule has 1 amide bonds. The Bertz CT molecular complexity index is 2280. The van der Waals surface area contributed by atoms with E-state index in [-0.39, 0.29) is 24.1 Å². The summed E-state index contributed by atoms with van der Waals surface area (Å²) in [7, 11) is 0. The zero-order chi connectivity index (χ0) is 29.6. The van der Waals surface area contributed by atoms with Crippen LogP contribution in [0.1, 0.15) is 34.7 Å². The maximum absolute atomic E-state index is 14.2. The molecule has 3 heterocycles. The van der Waals surface area contributed by atoms with Crippen LogP contribution < -0.4 is 20.2 Å². The fraction of sp³-hybridized carbons (Fsp3) is 0.108. The molecule has 6 aromatic rings. The molecule has 0 bridgehead atoms. The van der Waals surface area contributed by atoms with Crippen LogP contribution in [0.2, 0.25) is 0 Å². The number of nitrogens with zero attached hydrogens (tertiary/aromatic N) is 3. The number of carbonyl (C=O) groups is 1. The summed E-state index contributed by atoms with van der Waals surface area (Å²) in [6.07, 6.45) is 5.70. The van der Waals surface area contributed by atoms with Crippen molar-refractivity contribution in [1.82, 2.24) is 9.13 Å². The van der Waals surface area contributed by atoms with Crippen LogP contribution in [-0.2, 0) is 17.8 Å². The lowest BCUT2D eigenvalue weighted by molar-refractivity contribution is -0.116. The van der Waals surface area contributed by atoms with E-state index in [1.165, 1.54) is 22.5 Å². The highest BCUT2D eigenvalue weighted by Crippen LogP contribution is 2.41. The van der Waals surface area contributed by atoms with Gasteiger partial charge in [-0.1, -0.05) is 102 Å². The third kappa shape index (κ3) is 4.53. The van der Waals surface area contributed by atoms with Gasteiger partial charge in [-0.15, -0.1) is 0 Å². The van der Waals surface area contributed by atoms with Crippen LogP contribution in [0.3, 0.4) is 0 Å². The summed E-state index contributed by atoms with van der Waals surface area (Å²) in [5.41, 5.74) is 8.26. The van der Waals surface area contributed by atoms with E-state index in [4.69, 9.17) is 4.99 Å². The summed E-state index contributed by atoms with van der Waals surface area (Å²) in [4.78, 5) is 33.0. The SMILES string of the molecule is O=C(Cn1cc(/C=c2/sc3n(c2=O)[C@@H](c2ccccc2)C2=C(N=3)c3ccccc3CC2)c2ccccc21)Nc1ccccc1. The highest BCUT2D eigenvalue weighted by Gasteiger charge is 2.32. The molecule has 0 spiro atoms. The first kappa shape index (κ1) is 26.4. The van der Waals surface area contributed by atoms with Crippen LogP contribution in [0.5, 0.6) is 0 Å². The molecule has 1 aliphatic carbocycles. The van der Waals surface area contributed by atoms with Crippen LogP contribution in [0.15, 0.2) is 131 Å². The normalized spacial score (nSPS) is 15.8. The van der Waals surface area contributed by atoms with E-state index in [0.717, 1.165) is 51.8 Å². The van der Waals surface area contributed by atoms with Gasteiger partial charge in [0.15, 0.2) is 4.80 Å². The van der Waals surface area contributed by atoms with Crippen LogP contribution in [0.4, 0.5) is 5.69 Å². The van der Waals surface area contributed by atoms with E-state index in [9.17, 15) is 9.59 Å². The molecule has 1 aliphatic heterocycles. The molecule has 4 aromatic carbocycles. The van der Waals surface area contributed by atoms with E-state index in [2.05, 4.69) is 41.7 Å². The summed E-state index contributed by atoms with van der Waals surface area (Å²) in [5, 5.41) is 3.95. The smallest absolute Gasteiger partial charge is 0.271 e. The minimum atomic E-state index is -0.207. The van der Waals surface area contributed by atoms with Gasteiger partial charge < -0.3 is 9.88 Å². The Kier molecular flexibility index (Phi) is 6.46. The first-order valence-electron chi connectivity index (χ1n) is 14.7. The third-order valence-electron chi connectivity index (χ3n) is 8.47. The van der Waals surface area contributed by atoms with Crippen molar-refractivity contribution in [2.45, 2.75) is 25.4 Å². The monoisotopic (exact) mass is 592 g/mol. The lowest BCUT2D eigenvalue weighted by Crippen LogP contribution is -2.38. The van der Waals surface area contributed by atoms with Crippen molar-refractivity contribution >= 4 is 45.6 Å². The van der Waals surface area contributed by atoms with E-state index in [1.807, 2.05) is 94.2 Å². The molecule has 0 saturated heterocycles. The maximum Gasteiger partial charge on any atom is 0.271 e. The molecule has 0 saturated carbocycles. The van der Waals surface area contributed by atoms with Crippen molar-refractivity contribution in [3.63, 3.8) is 0 Å². The quantitative estimate of drug-likeness (QED) is 0.270. The number of para-hydroxylation sites is 2. The van der Waals surface area contributed by atoms with Gasteiger partial charge in [0.1, 0.15) is 6.54 Å². The molecule has 214 valence electrons. The molecule has 8 rings (SSSR count). The number of aromatic nitrogens is 2. The first-order valence-corrected chi connectivity index (χ1v) is 15.6. The van der Waals surface area contributed by atoms with Crippen molar-refractivity contribution < 1.29 is 4.79 Å². The second kappa shape index (κ2) is 10.8. The molecule has 0 radical (unpaired) electrons. The van der Waals surface area contributed by atoms with E-state index in [1.54, 1.807) is 0 Å². The van der Waals surface area contributed by atoms with Gasteiger partial charge in [0.2, 0.25) is 5.91 Å². The van der Waals surface area contributed by atoms with Gasteiger partial charge in [-0.25, -0.2) is 4.99 Å². The lowest BCUT2D eigenvalue weighted by atomic mass is 9.83. The highest BCUT2D eigenvalue weighted by atomic mass is 32.1. The Labute approximate surface area is 257 Å². The molecule has 1 N–H and O–H groups in total. The number of nitrogens with one attached hydrogen (secondary N) is 1. The fourth-order valence-corrected chi connectivity index (χ4v) is 7.49. The topological polar surface area (TPSA) is 68.4 Å². The summed E-state index contributed by atoms with van der Waals surface area (Å²) in [6, 6.07) is 36.0. The van der Waals surface area contributed by atoms with Crippen molar-refractivity contribution in [3.8, 4) is 0 Å². The molecule has 7 heteroatoms. The average molecular weight is 593 g/mol. The number of amides is 1. The molecule has 2 aromatic heterocycles. The first-order chi connectivity index (χ1) is 21.6. The summed E-state index contributed by atoms with van der Waals surface area (Å²) >= 11 is 1.42. The number of rotatable bonds is 5. The van der Waals surface area contributed by atoms with Gasteiger partial charge in [-0.3, -0.25) is 14.2 Å². The summed E-state index contributed by atoms with van der Waals surface area (Å²) in [6.45, 7) is 0.157. The zero-order valence-corrected chi connectivity index (χ0v) is 24.6. The van der Waals surface area contributed by atoms with Crippen LogP contribution in [0.25, 0.3) is 22.7 Å². The molecule has 0 unspecified atom stereocenters. The highest BCUT2D eigenvalue weighted by molar-refractivity contribution is 7.07. The Morgan fingerprint density at radius 1 is 0.886 bits per heavy atom. The Hall–Kier alpha value is -5.27. The molecule has 0 fully saturated rings. The van der Waals surface area contributed by atoms with E-state index in [0.29, 0.717) is 9.33 Å². The molecule has 6 nitrogen and oxygen atoms in total. The van der Waals surface area contributed by atoms with Gasteiger partial charge >= 0.3 is 0 Å². The molecule has 2 aliphatic rings. The largest absolute Gasteiger partial charge is 0.337 e. The number of fused-ring (bicyclic) bond motifs is 4. The molecular formula is C37H28N4O2S. The van der Waals surface area contributed by atoms with Gasteiger partial charge in [0.25, 0.3) is 5.56 Å². The number of benzene rings is 4. The van der Waals surface area contributed by atoms with Gasteiger partial charge in [0, 0.05) is 33.9 Å². The maximum atomic E-state index is 14.2. The lowest BCUT2D eigenvalue weighted by Gasteiger charge is -2.30. The molecule has 1 atom stereocenters. The van der Waals surface area contributed by atoms with Gasteiger partial charge in [-0.05, 0) is 53.8 Å². The van der Waals surface area contributed by atoms with Gasteiger partial charge in [0.05, 0.1) is 16.3 Å². The minimum absolute atomic E-state index is 0.0494. The van der Waals surface area contributed by atoms with E-state index < -0.39 is 0 Å². The minimum Gasteiger partial charge on any atom is -0.337 e. The number of anilines is 1. The van der Waals surface area contributed by atoms with Crippen LogP contribution in [0, 0.1) is 0 Å². The number of hydrogen-bond donors (Lipinski definition) is 1. The number of allylic oxidation sites excluding steroid dienone is 1. The Morgan fingerprint density at radius 3 is 2.45 bits per heavy atom. The standard InChI is InChI=1S/C37H28N4O2S/c42-33(38-27-14-5-2-6-15-27)23-40-22-26(28-16-9-10-18-31(28)40)21-32-36(43)41-35(25-12-3-1-4-13-25)30-20-19-24-11-7-8-17-29(24)34(30)39-37(41)44-32/h1-18,21-22,35H,19-20,23H2,(H,38,42)/b32-21+/t35-/m0/s1. The second-order valence-corrected chi connectivity index (χ2v) is 12.2. The van der Waals surface area contributed by atoms with Crippen LogP contribution in [-0.4, -0.2) is 15.0 Å². The average Bonchev–Trinajstić information content (AvgIpc) is 3.56. The predicted molar refractivity (Wildman–Crippen MR) is 176 cm³/mol. The molecular weight excluding hydrogens is 565 g/mol. The number of carbonyl (C=O) groups excluding carboxylic acids is 1. The third-order valence-corrected chi connectivity index (χ3v) is 9.45. The van der Waals surface area contributed by atoms with Gasteiger partial charge in [-0.2, -0.15) is 0 Å². The zero-order valence-electron chi connectivity index (χ0n) is 23.8. The summed E-state index contributed by atoms with van der Waals surface area (Å²) in [5.74, 6) is -0.114. The number of hydrogen-bond acceptors (Lipinski definition) is 4. The van der Waals surface area contributed by atoms with E-state index >= 15 is 0 Å². The summed E-state index contributed by atoms with van der Waals surface area (Å²) < 4.78 is 4.44. The van der Waals surface area contributed by atoms with Crippen molar-refractivity contribution in [1.29, 1.82) is 0 Å². The number of thiazole rings is 1. The van der Waals surface area contributed by atoms with Crippen LogP contribution >= 0.6 is 11.3 Å². The van der Waals surface area contributed by atoms with Crippen molar-refractivity contribution in [2.24, 2.45) is 4.99 Å². The van der Waals surface area contributed by atoms with Crippen molar-refractivity contribution in [3.05, 3.63) is 163 Å².